The molecule has 0 N–H and O–H groups in total. The first-order valence-electron chi connectivity index (χ1n) is 19.4. The van der Waals surface area contributed by atoms with Crippen LogP contribution in [0, 0.1) is 0 Å². The van der Waals surface area contributed by atoms with Gasteiger partial charge in [0.1, 0.15) is 0 Å². The van der Waals surface area contributed by atoms with Gasteiger partial charge in [0, 0.05) is 37.9 Å². The molecule has 0 saturated carbocycles. The Labute approximate surface area is 336 Å². The van der Waals surface area contributed by atoms with E-state index in [2.05, 4.69) is 221 Å². The molecule has 11 aromatic rings. The van der Waals surface area contributed by atoms with Crippen LogP contribution in [0.4, 0.5) is 0 Å². The summed E-state index contributed by atoms with van der Waals surface area (Å²) < 4.78 is 4.71. The minimum Gasteiger partial charge on any atom is -0.309 e. The predicted molar refractivity (Wildman–Crippen MR) is 242 cm³/mol. The van der Waals surface area contributed by atoms with Crippen molar-refractivity contribution in [2.75, 3.05) is 0 Å². The molecule has 0 aliphatic carbocycles. The molecular formula is C54H35ClN2. The highest BCUT2D eigenvalue weighted by Gasteiger charge is 2.16. The number of hydrogen-bond acceptors (Lipinski definition) is 0. The van der Waals surface area contributed by atoms with Crippen molar-refractivity contribution in [2.24, 2.45) is 0 Å². The molecule has 0 amide bonds. The maximum Gasteiger partial charge on any atom is 0.0541 e. The van der Waals surface area contributed by atoms with Crippen molar-refractivity contribution >= 4 is 55.2 Å². The standard InChI is InChI=1S/C54H35ClN2/c55-44-32-42(38-15-11-13-36(29-38)40-25-27-53-49(34-40)47-21-7-9-23-51(47)56(53)45-17-3-1-4-18-45)31-43(33-44)39-16-12-14-37(30-39)41-26-28-54-50(35-41)48-22-8-10-24-52(48)57(54)46-19-5-2-6-20-46/h1-35H. The van der Waals surface area contributed by atoms with Crippen molar-refractivity contribution in [2.45, 2.75) is 0 Å². The van der Waals surface area contributed by atoms with E-state index in [4.69, 9.17) is 11.6 Å². The first-order chi connectivity index (χ1) is 28.2. The van der Waals surface area contributed by atoms with E-state index in [0.717, 1.165) is 33.6 Å². The van der Waals surface area contributed by atoms with E-state index in [1.807, 2.05) is 0 Å². The topological polar surface area (TPSA) is 9.86 Å². The molecule has 0 unspecified atom stereocenters. The summed E-state index contributed by atoms with van der Waals surface area (Å²) in [5, 5.41) is 5.68. The van der Waals surface area contributed by atoms with Crippen molar-refractivity contribution in [3.05, 3.63) is 217 Å². The van der Waals surface area contributed by atoms with Crippen LogP contribution in [0.1, 0.15) is 0 Å². The first-order valence-corrected chi connectivity index (χ1v) is 19.7. The minimum absolute atomic E-state index is 0.712. The van der Waals surface area contributed by atoms with Crippen LogP contribution >= 0.6 is 11.6 Å². The predicted octanol–water partition coefficient (Wildman–Crippen LogP) is 15.2. The zero-order valence-electron chi connectivity index (χ0n) is 31.0. The Kier molecular flexibility index (Phi) is 7.91. The lowest BCUT2D eigenvalue weighted by molar-refractivity contribution is 1.18. The molecule has 57 heavy (non-hydrogen) atoms. The lowest BCUT2D eigenvalue weighted by atomic mass is 9.94. The third kappa shape index (κ3) is 5.73. The molecule has 0 aliphatic heterocycles. The monoisotopic (exact) mass is 746 g/mol. The largest absolute Gasteiger partial charge is 0.309 e. The zero-order valence-corrected chi connectivity index (χ0v) is 31.7. The van der Waals surface area contributed by atoms with Gasteiger partial charge in [0.05, 0.1) is 22.1 Å². The van der Waals surface area contributed by atoms with Gasteiger partial charge in [-0.3, -0.25) is 0 Å². The summed E-state index contributed by atoms with van der Waals surface area (Å²) in [5.74, 6) is 0. The summed E-state index contributed by atoms with van der Waals surface area (Å²) in [7, 11) is 0. The number of hydrogen-bond donors (Lipinski definition) is 0. The molecule has 11 rings (SSSR count). The summed E-state index contributed by atoms with van der Waals surface area (Å²) in [6, 6.07) is 76.2. The minimum atomic E-state index is 0.712. The van der Waals surface area contributed by atoms with Gasteiger partial charge in [0.15, 0.2) is 0 Å². The Bertz CT molecular complexity index is 3080. The molecule has 0 radical (unpaired) electrons. The normalized spacial score (nSPS) is 11.6. The summed E-state index contributed by atoms with van der Waals surface area (Å²) in [4.78, 5) is 0. The van der Waals surface area contributed by atoms with Crippen molar-refractivity contribution in [3.63, 3.8) is 0 Å². The number of fused-ring (bicyclic) bond motifs is 6. The van der Waals surface area contributed by atoms with Gasteiger partial charge in [-0.2, -0.15) is 0 Å². The molecule has 0 spiro atoms. The number of benzene rings is 9. The molecule has 0 aliphatic rings. The van der Waals surface area contributed by atoms with E-state index >= 15 is 0 Å². The van der Waals surface area contributed by atoms with E-state index in [1.54, 1.807) is 0 Å². The fraction of sp³-hybridized carbons (Fsp3) is 0. The maximum absolute atomic E-state index is 6.91. The van der Waals surface area contributed by atoms with Gasteiger partial charge in [-0.15, -0.1) is 0 Å². The molecule has 0 fully saturated rings. The summed E-state index contributed by atoms with van der Waals surface area (Å²) in [6.45, 7) is 0. The van der Waals surface area contributed by atoms with Crippen molar-refractivity contribution in [1.82, 2.24) is 9.13 Å². The van der Waals surface area contributed by atoms with Gasteiger partial charge >= 0.3 is 0 Å². The first kappa shape index (κ1) is 33.2. The van der Waals surface area contributed by atoms with Gasteiger partial charge in [-0.05, 0) is 136 Å². The van der Waals surface area contributed by atoms with Crippen LogP contribution in [0.3, 0.4) is 0 Å². The van der Waals surface area contributed by atoms with Crippen molar-refractivity contribution < 1.29 is 0 Å². The Morgan fingerprint density at radius 2 is 0.596 bits per heavy atom. The van der Waals surface area contributed by atoms with Crippen LogP contribution in [0.5, 0.6) is 0 Å². The average molecular weight is 747 g/mol. The maximum atomic E-state index is 6.91. The van der Waals surface area contributed by atoms with E-state index < -0.39 is 0 Å². The number of halogens is 1. The fourth-order valence-electron chi connectivity index (χ4n) is 8.70. The molecule has 0 saturated heterocycles. The smallest absolute Gasteiger partial charge is 0.0541 e. The number of rotatable bonds is 6. The van der Waals surface area contributed by atoms with Crippen LogP contribution in [0.2, 0.25) is 5.02 Å². The Morgan fingerprint density at radius 1 is 0.246 bits per heavy atom. The molecular weight excluding hydrogens is 712 g/mol. The second kappa shape index (κ2) is 13.6. The summed E-state index contributed by atoms with van der Waals surface area (Å²) in [5.41, 5.74) is 16.2. The van der Waals surface area contributed by atoms with Gasteiger partial charge in [-0.1, -0.05) is 133 Å². The zero-order chi connectivity index (χ0) is 37.9. The summed E-state index contributed by atoms with van der Waals surface area (Å²) in [6.07, 6.45) is 0. The molecule has 0 bridgehead atoms. The van der Waals surface area contributed by atoms with Crippen molar-refractivity contribution in [1.29, 1.82) is 0 Å². The van der Waals surface area contributed by atoms with Gasteiger partial charge in [0.2, 0.25) is 0 Å². The van der Waals surface area contributed by atoms with E-state index in [9.17, 15) is 0 Å². The highest BCUT2D eigenvalue weighted by atomic mass is 35.5. The van der Waals surface area contributed by atoms with Gasteiger partial charge in [-0.25, -0.2) is 0 Å². The van der Waals surface area contributed by atoms with Crippen LogP contribution < -0.4 is 0 Å². The number of aromatic nitrogens is 2. The molecule has 268 valence electrons. The number of nitrogens with zero attached hydrogens (tertiary/aromatic N) is 2. The van der Waals surface area contributed by atoms with Crippen LogP contribution in [-0.4, -0.2) is 9.13 Å². The number of para-hydroxylation sites is 4. The van der Waals surface area contributed by atoms with E-state index in [-0.39, 0.29) is 0 Å². The van der Waals surface area contributed by atoms with Crippen LogP contribution in [-0.2, 0) is 0 Å². The van der Waals surface area contributed by atoms with E-state index in [1.165, 1.54) is 65.9 Å². The summed E-state index contributed by atoms with van der Waals surface area (Å²) >= 11 is 6.91. The third-order valence-corrected chi connectivity index (χ3v) is 11.5. The Balaban J connectivity index is 0.958. The SMILES string of the molecule is Clc1cc(-c2cccc(-c3ccc4c(c3)c3ccccc3n4-c3ccccc3)c2)cc(-c2cccc(-c3ccc4c(c3)c3ccccc3n4-c3ccccc3)c2)c1. The quantitative estimate of drug-likeness (QED) is 0.160. The second-order valence-corrected chi connectivity index (χ2v) is 15.2. The highest BCUT2D eigenvalue weighted by Crippen LogP contribution is 2.39. The lowest BCUT2D eigenvalue weighted by Crippen LogP contribution is -1.92. The lowest BCUT2D eigenvalue weighted by Gasteiger charge is -2.12. The Hall–Kier alpha value is -7.13. The third-order valence-electron chi connectivity index (χ3n) is 11.3. The van der Waals surface area contributed by atoms with E-state index in [0.29, 0.717) is 5.02 Å². The Morgan fingerprint density at radius 3 is 1.05 bits per heavy atom. The molecule has 0 atom stereocenters. The van der Waals surface area contributed by atoms with Gasteiger partial charge < -0.3 is 9.13 Å². The van der Waals surface area contributed by atoms with Crippen LogP contribution in [0.15, 0.2) is 212 Å². The second-order valence-electron chi connectivity index (χ2n) is 14.7. The van der Waals surface area contributed by atoms with Crippen molar-refractivity contribution in [3.8, 4) is 55.9 Å². The fourth-order valence-corrected chi connectivity index (χ4v) is 8.93. The molecule has 2 nitrogen and oxygen atoms in total. The molecule has 2 aromatic heterocycles. The molecule has 2 heterocycles. The van der Waals surface area contributed by atoms with Crippen LogP contribution in [0.25, 0.3) is 99.5 Å². The highest BCUT2D eigenvalue weighted by molar-refractivity contribution is 6.31. The average Bonchev–Trinajstić information content (AvgIpc) is 3.79. The molecule has 3 heteroatoms. The molecule has 9 aromatic carbocycles. The van der Waals surface area contributed by atoms with Gasteiger partial charge in [0.25, 0.3) is 0 Å².